The third kappa shape index (κ3) is 3.94. The third-order valence-electron chi connectivity index (χ3n) is 6.46. The van der Waals surface area contributed by atoms with Gasteiger partial charge in [0.05, 0.1) is 17.5 Å². The fraction of sp³-hybridized carbons (Fsp3) is 0.400. The Morgan fingerprint density at radius 2 is 1.97 bits per heavy atom. The predicted octanol–water partition coefficient (Wildman–Crippen LogP) is 5.49. The zero-order chi connectivity index (χ0) is 21.2. The highest BCUT2D eigenvalue weighted by Crippen LogP contribution is 2.37. The molecule has 3 aromatic rings. The number of ketones is 1. The lowest BCUT2D eigenvalue weighted by molar-refractivity contribution is 0.0959. The summed E-state index contributed by atoms with van der Waals surface area (Å²) < 4.78 is 5.62. The number of hydrogen-bond acceptors (Lipinski definition) is 6. The highest BCUT2D eigenvalue weighted by atomic mass is 16.3. The molecule has 0 saturated carbocycles. The number of hydrogen-bond donors (Lipinski definition) is 1. The lowest BCUT2D eigenvalue weighted by atomic mass is 9.84. The van der Waals surface area contributed by atoms with Gasteiger partial charge in [0.2, 0.25) is 5.95 Å². The summed E-state index contributed by atoms with van der Waals surface area (Å²) in [5.41, 5.74) is 2.36. The minimum absolute atomic E-state index is 0.0191. The molecule has 1 fully saturated rings. The van der Waals surface area contributed by atoms with Crippen LogP contribution in [0.2, 0.25) is 0 Å². The van der Waals surface area contributed by atoms with Crippen molar-refractivity contribution in [2.45, 2.75) is 57.4 Å². The molecule has 5 rings (SSSR count). The summed E-state index contributed by atoms with van der Waals surface area (Å²) in [5, 5.41) is 3.40. The van der Waals surface area contributed by atoms with Crippen molar-refractivity contribution < 1.29 is 9.21 Å². The number of aromatic nitrogens is 2. The first kappa shape index (κ1) is 19.8. The van der Waals surface area contributed by atoms with Crippen LogP contribution in [0.25, 0.3) is 0 Å². The van der Waals surface area contributed by atoms with Crippen LogP contribution in [0.3, 0.4) is 0 Å². The van der Waals surface area contributed by atoms with Crippen LogP contribution in [0.1, 0.15) is 66.8 Å². The molecule has 0 spiro atoms. The van der Waals surface area contributed by atoms with Crippen LogP contribution in [0, 0.1) is 0 Å². The second-order valence-corrected chi connectivity index (χ2v) is 8.48. The van der Waals surface area contributed by atoms with Gasteiger partial charge in [0.1, 0.15) is 11.6 Å². The lowest BCUT2D eigenvalue weighted by Crippen LogP contribution is -2.40. The van der Waals surface area contributed by atoms with Crippen molar-refractivity contribution in [3.63, 3.8) is 0 Å². The van der Waals surface area contributed by atoms with E-state index in [2.05, 4.69) is 17.1 Å². The molecule has 1 aliphatic carbocycles. The van der Waals surface area contributed by atoms with Gasteiger partial charge in [-0.3, -0.25) is 4.79 Å². The van der Waals surface area contributed by atoms with Crippen molar-refractivity contribution in [2.24, 2.45) is 0 Å². The lowest BCUT2D eigenvalue weighted by Gasteiger charge is -2.36. The van der Waals surface area contributed by atoms with Crippen LogP contribution in [0.15, 0.2) is 53.1 Å². The Balaban J connectivity index is 1.58. The van der Waals surface area contributed by atoms with E-state index in [4.69, 9.17) is 14.4 Å². The van der Waals surface area contributed by atoms with Gasteiger partial charge in [-0.05, 0) is 49.9 Å². The molecule has 1 aliphatic heterocycles. The summed E-state index contributed by atoms with van der Waals surface area (Å²) in [7, 11) is 0. The van der Waals surface area contributed by atoms with Crippen molar-refractivity contribution in [3.05, 3.63) is 65.7 Å². The molecular formula is C25H28N4O2. The van der Waals surface area contributed by atoms with Gasteiger partial charge in [0.25, 0.3) is 0 Å². The van der Waals surface area contributed by atoms with Crippen LogP contribution in [0.4, 0.5) is 17.5 Å². The van der Waals surface area contributed by atoms with Gasteiger partial charge in [-0.25, -0.2) is 4.98 Å². The van der Waals surface area contributed by atoms with Crippen LogP contribution in [0.5, 0.6) is 0 Å². The van der Waals surface area contributed by atoms with E-state index in [-0.39, 0.29) is 11.7 Å². The molecule has 1 aromatic carbocycles. The molecule has 2 aliphatic rings. The average molecular weight is 417 g/mol. The maximum atomic E-state index is 13.2. The molecular weight excluding hydrogens is 388 g/mol. The smallest absolute Gasteiger partial charge is 0.227 e. The normalized spacial score (nSPS) is 21.1. The minimum atomic E-state index is 0.0191. The second kappa shape index (κ2) is 8.53. The fourth-order valence-electron chi connectivity index (χ4n) is 4.86. The number of nitrogens with one attached hydrogen (secondary N) is 1. The number of para-hydroxylation sites is 1. The monoisotopic (exact) mass is 416 g/mol. The van der Waals surface area contributed by atoms with Crippen molar-refractivity contribution in [3.8, 4) is 0 Å². The Labute approximate surface area is 182 Å². The summed E-state index contributed by atoms with van der Waals surface area (Å²) >= 11 is 0. The maximum Gasteiger partial charge on any atom is 0.227 e. The molecule has 0 amide bonds. The van der Waals surface area contributed by atoms with Crippen molar-refractivity contribution in [1.29, 1.82) is 0 Å². The number of benzene rings is 1. The molecule has 2 aromatic heterocycles. The third-order valence-corrected chi connectivity index (χ3v) is 6.46. The van der Waals surface area contributed by atoms with Crippen molar-refractivity contribution >= 4 is 23.2 Å². The number of Topliss-reactive ketones (excluding diaryl/α,β-unsaturated/α-hetero) is 1. The number of nitrogens with zero attached hydrogens (tertiary/aromatic N) is 3. The van der Waals surface area contributed by atoms with Gasteiger partial charge < -0.3 is 14.6 Å². The number of rotatable bonds is 5. The Hall–Kier alpha value is -3.15. The van der Waals surface area contributed by atoms with Crippen LogP contribution >= 0.6 is 0 Å². The first-order valence-electron chi connectivity index (χ1n) is 11.3. The predicted molar refractivity (Wildman–Crippen MR) is 121 cm³/mol. The molecule has 6 nitrogen and oxygen atoms in total. The quantitative estimate of drug-likeness (QED) is 0.593. The topological polar surface area (TPSA) is 71.3 Å². The van der Waals surface area contributed by atoms with E-state index in [1.165, 1.54) is 6.42 Å². The first-order chi connectivity index (χ1) is 15.2. The number of furan rings is 1. The summed E-state index contributed by atoms with van der Waals surface area (Å²) in [6, 6.07) is 14.2. The van der Waals surface area contributed by atoms with Gasteiger partial charge >= 0.3 is 0 Å². The SMILES string of the molecule is CCC1CCCCN1c1nc2c(c(Nc3ccccc3)n1)C(=O)CC(c1ccco1)C2. The van der Waals surface area contributed by atoms with E-state index < -0.39 is 0 Å². The zero-order valence-corrected chi connectivity index (χ0v) is 17.9. The Morgan fingerprint density at radius 1 is 1.10 bits per heavy atom. The molecule has 3 heterocycles. The summed E-state index contributed by atoms with van der Waals surface area (Å²) in [6.45, 7) is 3.18. The van der Waals surface area contributed by atoms with E-state index in [0.29, 0.717) is 30.3 Å². The molecule has 31 heavy (non-hydrogen) atoms. The summed E-state index contributed by atoms with van der Waals surface area (Å²) in [6.07, 6.45) is 7.37. The number of carbonyl (C=O) groups excluding carboxylic acids is 1. The number of anilines is 3. The van der Waals surface area contributed by atoms with Gasteiger partial charge in [-0.1, -0.05) is 25.1 Å². The highest BCUT2D eigenvalue weighted by molar-refractivity contribution is 6.03. The van der Waals surface area contributed by atoms with Crippen LogP contribution in [-0.2, 0) is 6.42 Å². The Kier molecular flexibility index (Phi) is 5.45. The minimum Gasteiger partial charge on any atom is -0.469 e. The number of carbonyl (C=O) groups is 1. The fourth-order valence-corrected chi connectivity index (χ4v) is 4.86. The number of piperidine rings is 1. The highest BCUT2D eigenvalue weighted by Gasteiger charge is 2.34. The number of fused-ring (bicyclic) bond motifs is 1. The largest absolute Gasteiger partial charge is 0.469 e. The summed E-state index contributed by atoms with van der Waals surface area (Å²) in [5.74, 6) is 2.29. The Morgan fingerprint density at radius 3 is 2.74 bits per heavy atom. The van der Waals surface area contributed by atoms with Gasteiger partial charge in [-0.2, -0.15) is 4.98 Å². The zero-order valence-electron chi connectivity index (χ0n) is 17.9. The summed E-state index contributed by atoms with van der Waals surface area (Å²) in [4.78, 5) is 25.4. The molecule has 6 heteroatoms. The van der Waals surface area contributed by atoms with E-state index >= 15 is 0 Å². The Bertz CT molecular complexity index is 1050. The van der Waals surface area contributed by atoms with Crippen LogP contribution < -0.4 is 10.2 Å². The van der Waals surface area contributed by atoms with E-state index in [9.17, 15) is 4.79 Å². The first-order valence-corrected chi connectivity index (χ1v) is 11.3. The van der Waals surface area contributed by atoms with Gasteiger partial charge in [0.15, 0.2) is 5.78 Å². The van der Waals surface area contributed by atoms with E-state index in [1.54, 1.807) is 6.26 Å². The maximum absolute atomic E-state index is 13.2. The average Bonchev–Trinajstić information content (AvgIpc) is 3.34. The van der Waals surface area contributed by atoms with Crippen molar-refractivity contribution in [1.82, 2.24) is 9.97 Å². The van der Waals surface area contributed by atoms with Gasteiger partial charge in [0, 0.05) is 37.0 Å². The molecule has 0 radical (unpaired) electrons. The van der Waals surface area contributed by atoms with Crippen molar-refractivity contribution in [2.75, 3.05) is 16.8 Å². The standard InChI is InChI=1S/C25H28N4O2/c1-2-19-11-6-7-13-29(19)25-27-20-15-17(22-12-8-14-31-22)16-21(30)23(20)24(28-25)26-18-9-4-3-5-10-18/h3-5,8-10,12,14,17,19H,2,6-7,11,13,15-16H2,1H3,(H,26,27,28). The molecule has 2 unspecified atom stereocenters. The molecule has 160 valence electrons. The molecule has 1 saturated heterocycles. The van der Waals surface area contributed by atoms with Crippen LogP contribution in [-0.4, -0.2) is 28.3 Å². The molecule has 2 atom stereocenters. The van der Waals surface area contributed by atoms with Gasteiger partial charge in [-0.15, -0.1) is 0 Å². The molecule has 1 N–H and O–H groups in total. The van der Waals surface area contributed by atoms with E-state index in [1.807, 2.05) is 42.5 Å². The van der Waals surface area contributed by atoms with E-state index in [0.717, 1.165) is 48.9 Å². The molecule has 0 bridgehead atoms. The second-order valence-electron chi connectivity index (χ2n) is 8.48.